The smallest absolute Gasteiger partial charge is 0.0686 e. The lowest BCUT2D eigenvalue weighted by atomic mass is 9.93. The van der Waals surface area contributed by atoms with Gasteiger partial charge in [0.15, 0.2) is 0 Å². The van der Waals surface area contributed by atoms with Gasteiger partial charge in [0.25, 0.3) is 0 Å². The third-order valence-corrected chi connectivity index (χ3v) is 3.78. The van der Waals surface area contributed by atoms with Crippen molar-refractivity contribution < 1.29 is 0 Å². The number of benzene rings is 1. The zero-order chi connectivity index (χ0) is 15.2. The molecule has 0 aliphatic heterocycles. The molecule has 0 amide bonds. The number of nitrogens with zero attached hydrogens (tertiary/aromatic N) is 2. The van der Waals surface area contributed by atoms with Gasteiger partial charge in [0.1, 0.15) is 0 Å². The minimum absolute atomic E-state index is 0.494. The molecule has 0 saturated carbocycles. The molecular weight excluding hydrogens is 256 g/mol. The van der Waals surface area contributed by atoms with Crippen LogP contribution in [0.3, 0.4) is 0 Å². The molecule has 0 N–H and O–H groups in total. The van der Waals surface area contributed by atoms with Crippen molar-refractivity contribution in [2.24, 2.45) is 0 Å². The Morgan fingerprint density at radius 3 is 2.76 bits per heavy atom. The molecule has 2 rings (SSSR count). The second-order valence-corrected chi connectivity index (χ2v) is 5.10. The van der Waals surface area contributed by atoms with Crippen LogP contribution in [0.4, 0.5) is 0 Å². The van der Waals surface area contributed by atoms with E-state index in [-0.39, 0.29) is 0 Å². The fourth-order valence-corrected chi connectivity index (χ4v) is 2.38. The monoisotopic (exact) mass is 278 g/mol. The molecule has 0 bridgehead atoms. The average Bonchev–Trinajstić information content (AvgIpc) is 3.05. The second kappa shape index (κ2) is 6.89. The van der Waals surface area contributed by atoms with Crippen LogP contribution in [0.2, 0.25) is 0 Å². The van der Waals surface area contributed by atoms with E-state index < -0.39 is 0 Å². The summed E-state index contributed by atoms with van der Waals surface area (Å²) >= 11 is 0. The lowest BCUT2D eigenvalue weighted by Crippen LogP contribution is -2.04. The van der Waals surface area contributed by atoms with Crippen molar-refractivity contribution >= 4 is 5.57 Å². The summed E-state index contributed by atoms with van der Waals surface area (Å²) in [6.07, 6.45) is 10.5. The van der Waals surface area contributed by atoms with E-state index in [0.29, 0.717) is 5.92 Å². The molecule has 1 aromatic heterocycles. The van der Waals surface area contributed by atoms with E-state index in [1.165, 1.54) is 5.56 Å². The Bertz CT molecular complexity index is 648. The Labute approximate surface area is 127 Å². The highest BCUT2D eigenvalue weighted by Crippen LogP contribution is 2.29. The molecule has 0 saturated heterocycles. The van der Waals surface area contributed by atoms with Gasteiger partial charge in [-0.05, 0) is 41.2 Å². The summed E-state index contributed by atoms with van der Waals surface area (Å²) in [5.74, 6) is 0.494. The van der Waals surface area contributed by atoms with Crippen molar-refractivity contribution in [1.82, 2.24) is 9.78 Å². The average molecular weight is 278 g/mol. The maximum Gasteiger partial charge on any atom is 0.0686 e. The Balaban J connectivity index is 2.59. The normalized spacial score (nSPS) is 13.0. The number of allylic oxidation sites excluding steroid dienone is 4. The van der Waals surface area contributed by atoms with Gasteiger partial charge in [0.2, 0.25) is 0 Å². The van der Waals surface area contributed by atoms with Crippen LogP contribution >= 0.6 is 0 Å². The number of rotatable bonds is 6. The first kappa shape index (κ1) is 15.0. The zero-order valence-electron chi connectivity index (χ0n) is 12.8. The molecule has 1 aromatic carbocycles. The van der Waals surface area contributed by atoms with Gasteiger partial charge in [-0.2, -0.15) is 5.10 Å². The molecule has 1 heterocycles. The van der Waals surface area contributed by atoms with Crippen LogP contribution in [0.1, 0.15) is 37.3 Å². The van der Waals surface area contributed by atoms with Crippen molar-refractivity contribution in [3.63, 3.8) is 0 Å². The highest BCUT2D eigenvalue weighted by Gasteiger charge is 2.12. The van der Waals surface area contributed by atoms with E-state index in [0.717, 1.165) is 23.2 Å². The van der Waals surface area contributed by atoms with Crippen LogP contribution in [0.5, 0.6) is 0 Å². The SMILES string of the molecule is C=C/C=C(\C=C)c1ccc(C(C)CC)c(-n2cccn2)c1. The Hall–Kier alpha value is -2.35. The van der Waals surface area contributed by atoms with Gasteiger partial charge in [0, 0.05) is 12.4 Å². The molecule has 0 spiro atoms. The fourth-order valence-electron chi connectivity index (χ4n) is 2.38. The topological polar surface area (TPSA) is 17.8 Å². The summed E-state index contributed by atoms with van der Waals surface area (Å²) in [6.45, 7) is 12.1. The minimum atomic E-state index is 0.494. The second-order valence-electron chi connectivity index (χ2n) is 5.10. The largest absolute Gasteiger partial charge is 0.241 e. The number of aromatic nitrogens is 2. The summed E-state index contributed by atoms with van der Waals surface area (Å²) in [5, 5.41) is 4.39. The van der Waals surface area contributed by atoms with Crippen molar-refractivity contribution in [2.45, 2.75) is 26.2 Å². The van der Waals surface area contributed by atoms with Crippen LogP contribution < -0.4 is 0 Å². The van der Waals surface area contributed by atoms with Gasteiger partial charge >= 0.3 is 0 Å². The Morgan fingerprint density at radius 1 is 1.38 bits per heavy atom. The highest BCUT2D eigenvalue weighted by atomic mass is 15.3. The zero-order valence-corrected chi connectivity index (χ0v) is 12.8. The molecule has 1 unspecified atom stereocenters. The molecular formula is C19H22N2. The predicted molar refractivity (Wildman–Crippen MR) is 90.6 cm³/mol. The first-order chi connectivity index (χ1) is 10.2. The van der Waals surface area contributed by atoms with Gasteiger partial charge in [-0.25, -0.2) is 4.68 Å². The summed E-state index contributed by atoms with van der Waals surface area (Å²) in [4.78, 5) is 0. The first-order valence-corrected chi connectivity index (χ1v) is 7.30. The van der Waals surface area contributed by atoms with E-state index in [9.17, 15) is 0 Å². The van der Waals surface area contributed by atoms with Crippen molar-refractivity contribution in [1.29, 1.82) is 0 Å². The summed E-state index contributed by atoms with van der Waals surface area (Å²) in [5.41, 5.74) is 4.63. The lowest BCUT2D eigenvalue weighted by Gasteiger charge is -2.17. The van der Waals surface area contributed by atoms with Crippen LogP contribution in [0.15, 0.2) is 68.0 Å². The molecule has 1 atom stereocenters. The Morgan fingerprint density at radius 2 is 2.19 bits per heavy atom. The number of hydrogen-bond acceptors (Lipinski definition) is 1. The van der Waals surface area contributed by atoms with E-state index in [1.54, 1.807) is 12.3 Å². The van der Waals surface area contributed by atoms with E-state index in [2.05, 4.69) is 50.3 Å². The maximum absolute atomic E-state index is 4.39. The summed E-state index contributed by atoms with van der Waals surface area (Å²) in [6, 6.07) is 8.46. The van der Waals surface area contributed by atoms with Gasteiger partial charge in [-0.3, -0.25) is 0 Å². The van der Waals surface area contributed by atoms with E-state index in [1.807, 2.05) is 29.1 Å². The van der Waals surface area contributed by atoms with E-state index in [4.69, 9.17) is 0 Å². The van der Waals surface area contributed by atoms with Crippen LogP contribution in [0, 0.1) is 0 Å². The molecule has 2 nitrogen and oxygen atoms in total. The molecule has 0 aliphatic rings. The quantitative estimate of drug-likeness (QED) is 0.669. The molecule has 21 heavy (non-hydrogen) atoms. The van der Waals surface area contributed by atoms with Crippen LogP contribution in [0.25, 0.3) is 11.3 Å². The van der Waals surface area contributed by atoms with Crippen LogP contribution in [-0.2, 0) is 0 Å². The molecule has 0 radical (unpaired) electrons. The number of hydrogen-bond donors (Lipinski definition) is 0. The van der Waals surface area contributed by atoms with E-state index >= 15 is 0 Å². The highest BCUT2D eigenvalue weighted by molar-refractivity contribution is 5.76. The van der Waals surface area contributed by atoms with Crippen molar-refractivity contribution in [3.05, 3.63) is 79.2 Å². The molecule has 2 heteroatoms. The Kier molecular flexibility index (Phi) is 4.94. The summed E-state index contributed by atoms with van der Waals surface area (Å²) in [7, 11) is 0. The lowest BCUT2D eigenvalue weighted by molar-refractivity contribution is 0.717. The standard InChI is InChI=1S/C19H22N2/c1-5-9-16(7-3)17-10-11-18(15(4)6-2)19(14-17)21-13-8-12-20-21/h5,7-15H,1,3,6H2,2,4H3/b16-9+. The minimum Gasteiger partial charge on any atom is -0.241 e. The predicted octanol–water partition coefficient (Wildman–Crippen LogP) is 5.14. The molecule has 0 aliphatic carbocycles. The van der Waals surface area contributed by atoms with Crippen LogP contribution in [-0.4, -0.2) is 9.78 Å². The van der Waals surface area contributed by atoms with Gasteiger partial charge in [-0.1, -0.05) is 57.4 Å². The molecule has 108 valence electrons. The molecule has 0 fully saturated rings. The maximum atomic E-state index is 4.39. The van der Waals surface area contributed by atoms with Crippen molar-refractivity contribution in [3.8, 4) is 5.69 Å². The van der Waals surface area contributed by atoms with Crippen molar-refractivity contribution in [2.75, 3.05) is 0 Å². The van der Waals surface area contributed by atoms with Gasteiger partial charge in [-0.15, -0.1) is 0 Å². The van der Waals surface area contributed by atoms with Gasteiger partial charge in [0.05, 0.1) is 5.69 Å². The molecule has 2 aromatic rings. The summed E-state index contributed by atoms with van der Waals surface area (Å²) < 4.78 is 1.93. The third kappa shape index (κ3) is 3.22. The third-order valence-electron chi connectivity index (χ3n) is 3.78. The first-order valence-electron chi connectivity index (χ1n) is 7.30. The van der Waals surface area contributed by atoms with Gasteiger partial charge < -0.3 is 0 Å². The fraction of sp³-hybridized carbons (Fsp3) is 0.211.